The van der Waals surface area contributed by atoms with Gasteiger partial charge in [-0.2, -0.15) is 5.10 Å². The zero-order valence-electron chi connectivity index (χ0n) is 17.4. The highest BCUT2D eigenvalue weighted by molar-refractivity contribution is 6.76. The molecule has 0 unspecified atom stereocenters. The monoisotopic (exact) mass is 406 g/mol. The van der Waals surface area contributed by atoms with Crippen molar-refractivity contribution < 1.29 is 19.0 Å². The molecule has 28 heavy (non-hydrogen) atoms. The summed E-state index contributed by atoms with van der Waals surface area (Å²) in [5.41, 5.74) is 1.75. The second-order valence-electron chi connectivity index (χ2n) is 8.36. The van der Waals surface area contributed by atoms with Crippen LogP contribution in [0, 0.1) is 0 Å². The minimum absolute atomic E-state index is 0.184. The lowest BCUT2D eigenvalue weighted by Gasteiger charge is -2.34. The quantitative estimate of drug-likeness (QED) is 0.397. The molecule has 1 saturated heterocycles. The van der Waals surface area contributed by atoms with E-state index >= 15 is 0 Å². The Labute approximate surface area is 166 Å². The minimum atomic E-state index is -1.16. The number of anilines is 1. The number of carbonyl (C=O) groups is 1. The summed E-state index contributed by atoms with van der Waals surface area (Å²) in [5, 5.41) is 4.40. The molecule has 2 aromatic rings. The molecule has 0 bridgehead atoms. The number of rotatable bonds is 7. The highest BCUT2D eigenvalue weighted by Crippen LogP contribution is 2.26. The number of fused-ring (bicyclic) bond motifs is 1. The molecule has 2 aromatic heterocycles. The molecule has 9 heteroatoms. The summed E-state index contributed by atoms with van der Waals surface area (Å²) in [5.74, 6) is 0.335. The van der Waals surface area contributed by atoms with Gasteiger partial charge >= 0.3 is 5.97 Å². The molecule has 3 rings (SSSR count). The third-order valence-electron chi connectivity index (χ3n) is 4.86. The van der Waals surface area contributed by atoms with Gasteiger partial charge in [0.1, 0.15) is 23.6 Å². The molecule has 1 fully saturated rings. The van der Waals surface area contributed by atoms with Gasteiger partial charge in [0.25, 0.3) is 0 Å². The molecule has 0 spiro atoms. The van der Waals surface area contributed by atoms with Gasteiger partial charge in [-0.1, -0.05) is 19.6 Å². The van der Waals surface area contributed by atoms with Crippen molar-refractivity contribution in [2.45, 2.75) is 45.4 Å². The lowest BCUT2D eigenvalue weighted by molar-refractivity contribution is 0.0599. The number of hydrogen-bond acceptors (Lipinski definition) is 7. The van der Waals surface area contributed by atoms with Crippen LogP contribution in [0.15, 0.2) is 12.3 Å². The molecule has 0 aliphatic carbocycles. The molecule has 3 heterocycles. The second-order valence-corrected chi connectivity index (χ2v) is 14.0. The second kappa shape index (κ2) is 8.58. The Morgan fingerprint density at radius 1 is 1.39 bits per heavy atom. The van der Waals surface area contributed by atoms with E-state index in [2.05, 4.69) is 36.6 Å². The van der Waals surface area contributed by atoms with Gasteiger partial charge in [-0.15, -0.1) is 0 Å². The van der Waals surface area contributed by atoms with Gasteiger partial charge in [0.2, 0.25) is 0 Å². The lowest BCUT2D eigenvalue weighted by atomic mass is 10.2. The van der Waals surface area contributed by atoms with Crippen molar-refractivity contribution in [2.24, 2.45) is 0 Å². The summed E-state index contributed by atoms with van der Waals surface area (Å²) in [7, 11) is 0.228. The number of esters is 1. The summed E-state index contributed by atoms with van der Waals surface area (Å²) in [4.78, 5) is 19.4. The molecule has 0 aromatic carbocycles. The third kappa shape index (κ3) is 4.71. The molecular weight excluding hydrogens is 376 g/mol. The summed E-state index contributed by atoms with van der Waals surface area (Å²) in [6.07, 6.45) is 1.68. The van der Waals surface area contributed by atoms with Crippen molar-refractivity contribution in [1.29, 1.82) is 0 Å². The van der Waals surface area contributed by atoms with E-state index in [0.717, 1.165) is 18.4 Å². The maximum atomic E-state index is 12.5. The van der Waals surface area contributed by atoms with Crippen molar-refractivity contribution in [3.8, 4) is 0 Å². The normalized spacial score (nSPS) is 17.9. The number of pyridine rings is 1. The van der Waals surface area contributed by atoms with E-state index in [-0.39, 0.29) is 12.8 Å². The molecule has 8 nitrogen and oxygen atoms in total. The first-order chi connectivity index (χ1) is 13.3. The van der Waals surface area contributed by atoms with Gasteiger partial charge in [-0.05, 0) is 19.0 Å². The van der Waals surface area contributed by atoms with Gasteiger partial charge in [0.15, 0.2) is 0 Å². The summed E-state index contributed by atoms with van der Waals surface area (Å²) in [6.45, 7) is 12.0. The minimum Gasteiger partial charge on any atom is -0.465 e. The highest BCUT2D eigenvalue weighted by Gasteiger charge is 2.25. The van der Waals surface area contributed by atoms with E-state index in [4.69, 9.17) is 19.2 Å². The van der Waals surface area contributed by atoms with Crippen LogP contribution in [0.4, 0.5) is 5.82 Å². The van der Waals surface area contributed by atoms with Crippen LogP contribution in [-0.2, 0) is 20.9 Å². The van der Waals surface area contributed by atoms with Gasteiger partial charge in [0.05, 0.1) is 38.1 Å². The van der Waals surface area contributed by atoms with E-state index in [1.54, 1.807) is 16.9 Å². The first-order valence-corrected chi connectivity index (χ1v) is 13.4. The first-order valence-electron chi connectivity index (χ1n) is 9.67. The van der Waals surface area contributed by atoms with Crippen LogP contribution in [0.5, 0.6) is 0 Å². The molecule has 1 aliphatic rings. The SMILES string of the molecule is COC(=O)c1cc(N2CCOC[C@H]2C)nc2cnn(COCC[Si](C)(C)C)c12. The zero-order chi connectivity index (χ0) is 20.3. The Morgan fingerprint density at radius 3 is 2.86 bits per heavy atom. The maximum absolute atomic E-state index is 12.5. The predicted octanol–water partition coefficient (Wildman–Crippen LogP) is 2.76. The fraction of sp³-hybridized carbons (Fsp3) is 0.632. The van der Waals surface area contributed by atoms with Crippen molar-refractivity contribution >= 4 is 30.9 Å². The maximum Gasteiger partial charge on any atom is 0.340 e. The van der Waals surface area contributed by atoms with Crippen LogP contribution in [0.3, 0.4) is 0 Å². The number of methoxy groups -OCH3 is 1. The smallest absolute Gasteiger partial charge is 0.340 e. The lowest BCUT2D eigenvalue weighted by Crippen LogP contribution is -2.44. The van der Waals surface area contributed by atoms with Crippen molar-refractivity contribution in [3.63, 3.8) is 0 Å². The summed E-state index contributed by atoms with van der Waals surface area (Å²) >= 11 is 0. The van der Waals surface area contributed by atoms with Gasteiger partial charge in [-0.3, -0.25) is 0 Å². The van der Waals surface area contributed by atoms with Crippen molar-refractivity contribution in [2.75, 3.05) is 38.4 Å². The fourth-order valence-electron chi connectivity index (χ4n) is 3.19. The molecule has 1 atom stereocenters. The van der Waals surface area contributed by atoms with Crippen LogP contribution in [0.2, 0.25) is 25.7 Å². The van der Waals surface area contributed by atoms with Crippen LogP contribution in [0.1, 0.15) is 17.3 Å². The average Bonchev–Trinajstić information content (AvgIpc) is 3.06. The Bertz CT molecular complexity index is 833. The predicted molar refractivity (Wildman–Crippen MR) is 111 cm³/mol. The van der Waals surface area contributed by atoms with Crippen molar-refractivity contribution in [1.82, 2.24) is 14.8 Å². The van der Waals surface area contributed by atoms with Gasteiger partial charge in [0, 0.05) is 21.2 Å². The number of carbonyl (C=O) groups excluding carboxylic acids is 1. The molecular formula is C19H30N4O4Si. The Hall–Kier alpha value is -1.97. The standard InChI is InChI=1S/C19H30N4O4Si/c1-14-12-26-7-6-22(14)17-10-15(19(24)25-2)18-16(21-17)11-20-23(18)13-27-8-9-28(3,4)5/h10-11,14H,6-9,12-13H2,1-5H3/t14-/m1/s1. The van der Waals surface area contributed by atoms with Crippen LogP contribution in [0.25, 0.3) is 11.0 Å². The van der Waals surface area contributed by atoms with Crippen molar-refractivity contribution in [3.05, 3.63) is 17.8 Å². The summed E-state index contributed by atoms with van der Waals surface area (Å²) in [6, 6.07) is 3.05. The number of hydrogen-bond donors (Lipinski definition) is 0. The first kappa shape index (κ1) is 20.8. The number of aromatic nitrogens is 3. The average molecular weight is 407 g/mol. The third-order valence-corrected chi connectivity index (χ3v) is 6.57. The van der Waals surface area contributed by atoms with Crippen LogP contribution in [-0.4, -0.2) is 68.3 Å². The van der Waals surface area contributed by atoms with Crippen LogP contribution >= 0.6 is 0 Å². The van der Waals surface area contributed by atoms with Gasteiger partial charge in [-0.25, -0.2) is 14.5 Å². The molecule has 1 aliphatic heterocycles. The molecule has 0 amide bonds. The van der Waals surface area contributed by atoms with Crippen LogP contribution < -0.4 is 4.90 Å². The number of nitrogens with zero attached hydrogens (tertiary/aromatic N) is 4. The van der Waals surface area contributed by atoms with E-state index in [1.807, 2.05) is 0 Å². The molecule has 0 N–H and O–H groups in total. The fourth-order valence-corrected chi connectivity index (χ4v) is 3.95. The largest absolute Gasteiger partial charge is 0.465 e. The van der Waals surface area contributed by atoms with E-state index in [0.29, 0.717) is 36.4 Å². The van der Waals surface area contributed by atoms with Gasteiger partial charge < -0.3 is 19.1 Å². The highest BCUT2D eigenvalue weighted by atomic mass is 28.3. The molecule has 0 saturated carbocycles. The Morgan fingerprint density at radius 2 is 2.18 bits per heavy atom. The zero-order valence-corrected chi connectivity index (χ0v) is 18.4. The Kier molecular flexibility index (Phi) is 6.36. The number of ether oxygens (including phenoxy) is 3. The van der Waals surface area contributed by atoms with E-state index in [9.17, 15) is 4.79 Å². The van der Waals surface area contributed by atoms with E-state index < -0.39 is 14.0 Å². The summed E-state index contributed by atoms with van der Waals surface area (Å²) < 4.78 is 18.0. The topological polar surface area (TPSA) is 78.7 Å². The molecule has 0 radical (unpaired) electrons. The Balaban J connectivity index is 1.89. The number of morpholine rings is 1. The molecule has 154 valence electrons. The van der Waals surface area contributed by atoms with E-state index in [1.165, 1.54) is 7.11 Å².